The van der Waals surface area contributed by atoms with Crippen molar-refractivity contribution in [3.63, 3.8) is 0 Å². The van der Waals surface area contributed by atoms with E-state index in [1.165, 1.54) is 5.56 Å². The number of ketones is 1. The Bertz CT molecular complexity index is 716. The van der Waals surface area contributed by atoms with Crippen LogP contribution >= 0.6 is 0 Å². The highest BCUT2D eigenvalue weighted by Crippen LogP contribution is 2.21. The van der Waals surface area contributed by atoms with Crippen LogP contribution in [0.4, 0.5) is 4.79 Å². The van der Waals surface area contributed by atoms with Gasteiger partial charge in [-0.2, -0.15) is 0 Å². The fourth-order valence-corrected chi connectivity index (χ4v) is 2.53. The summed E-state index contributed by atoms with van der Waals surface area (Å²) >= 11 is 0. The summed E-state index contributed by atoms with van der Waals surface area (Å²) in [4.78, 5) is 35.7. The number of carbonyl (C=O) groups excluding carboxylic acids is 3. The van der Waals surface area contributed by atoms with E-state index in [0.29, 0.717) is 18.5 Å². The van der Waals surface area contributed by atoms with Crippen LogP contribution < -0.4 is 5.32 Å². The molecule has 150 valence electrons. The van der Waals surface area contributed by atoms with Crippen molar-refractivity contribution < 1.29 is 23.9 Å². The van der Waals surface area contributed by atoms with Gasteiger partial charge in [0.2, 0.25) is 5.78 Å². The number of carbonyl (C=O) groups is 3. The molecule has 1 N–H and O–H groups in total. The van der Waals surface area contributed by atoms with Gasteiger partial charge in [0.15, 0.2) is 6.61 Å². The molecule has 0 aliphatic rings. The molecule has 0 atom stereocenters. The number of rotatable bonds is 7. The van der Waals surface area contributed by atoms with Crippen LogP contribution in [0.3, 0.4) is 0 Å². The smallest absolute Gasteiger partial charge is 0.407 e. The van der Waals surface area contributed by atoms with Crippen molar-refractivity contribution in [2.75, 3.05) is 13.2 Å². The van der Waals surface area contributed by atoms with Crippen molar-refractivity contribution >= 4 is 17.8 Å². The quantitative estimate of drug-likeness (QED) is 0.442. The zero-order valence-electron chi connectivity index (χ0n) is 17.4. The summed E-state index contributed by atoms with van der Waals surface area (Å²) in [5.41, 5.74) is 4.24. The van der Waals surface area contributed by atoms with Crippen molar-refractivity contribution in [3.05, 3.63) is 33.9 Å². The molecule has 0 fully saturated rings. The minimum atomic E-state index is -0.561. The number of nitrogens with one attached hydrogen (secondary N) is 1. The zero-order chi connectivity index (χ0) is 20.8. The summed E-state index contributed by atoms with van der Waals surface area (Å²) in [6.07, 6.45) is 0.00818. The number of esters is 1. The molecule has 0 saturated carbocycles. The maximum Gasteiger partial charge on any atom is 0.407 e. The van der Waals surface area contributed by atoms with Crippen LogP contribution in [0.25, 0.3) is 0 Å². The molecule has 0 spiro atoms. The van der Waals surface area contributed by atoms with E-state index in [0.717, 1.165) is 16.7 Å². The van der Waals surface area contributed by atoms with Crippen molar-refractivity contribution in [3.8, 4) is 0 Å². The van der Waals surface area contributed by atoms with Gasteiger partial charge in [-0.1, -0.05) is 0 Å². The number of ether oxygens (including phenoxy) is 2. The summed E-state index contributed by atoms with van der Waals surface area (Å²) in [6.45, 7) is 13.2. The molecule has 0 aliphatic heterocycles. The van der Waals surface area contributed by atoms with Crippen LogP contribution in [0.1, 0.15) is 66.2 Å². The Balaban J connectivity index is 2.41. The van der Waals surface area contributed by atoms with Crippen LogP contribution in [-0.4, -0.2) is 36.6 Å². The Morgan fingerprint density at radius 3 is 2.22 bits per heavy atom. The molecule has 6 heteroatoms. The van der Waals surface area contributed by atoms with Crippen molar-refractivity contribution in [1.29, 1.82) is 0 Å². The molecule has 0 aromatic heterocycles. The van der Waals surface area contributed by atoms with Gasteiger partial charge in [-0.25, -0.2) is 4.79 Å². The molecule has 1 amide bonds. The molecule has 1 rings (SSSR count). The van der Waals surface area contributed by atoms with Crippen molar-refractivity contribution in [1.82, 2.24) is 5.32 Å². The Kier molecular flexibility index (Phi) is 8.00. The van der Waals surface area contributed by atoms with Gasteiger partial charge in [-0.3, -0.25) is 9.59 Å². The second-order valence-corrected chi connectivity index (χ2v) is 7.73. The fourth-order valence-electron chi connectivity index (χ4n) is 2.53. The summed E-state index contributed by atoms with van der Waals surface area (Å²) in [6, 6.07) is 1.85. The first-order chi connectivity index (χ1) is 12.4. The molecular formula is C21H31NO5. The topological polar surface area (TPSA) is 81.7 Å². The number of alkyl carbamates (subject to hydrolysis) is 1. The standard InChI is InChI=1S/C21H31NO5/c1-13-11-17(16(4)15(3)14(13)2)18(23)12-26-19(24)9-8-10-22-20(25)27-21(5,6)7/h11H,8-10,12H2,1-7H3,(H,22,25). The number of hydrogen-bond donors (Lipinski definition) is 1. The third kappa shape index (κ3) is 7.41. The van der Waals surface area contributed by atoms with E-state index in [1.54, 1.807) is 20.8 Å². The highest BCUT2D eigenvalue weighted by molar-refractivity contribution is 5.99. The fraction of sp³-hybridized carbons (Fsp3) is 0.571. The van der Waals surface area contributed by atoms with Crippen LogP contribution in [0.15, 0.2) is 6.07 Å². The van der Waals surface area contributed by atoms with Crippen LogP contribution in [-0.2, 0) is 14.3 Å². The lowest BCUT2D eigenvalue weighted by atomic mass is 9.93. The first-order valence-electron chi connectivity index (χ1n) is 9.15. The van der Waals surface area contributed by atoms with E-state index in [9.17, 15) is 14.4 Å². The first-order valence-corrected chi connectivity index (χ1v) is 9.15. The number of aryl methyl sites for hydroxylation is 1. The van der Waals surface area contributed by atoms with Crippen LogP contribution in [0.5, 0.6) is 0 Å². The Hall–Kier alpha value is -2.37. The molecule has 27 heavy (non-hydrogen) atoms. The summed E-state index contributed by atoms with van der Waals surface area (Å²) in [5.74, 6) is -0.675. The molecule has 0 heterocycles. The minimum absolute atomic E-state index is 0.119. The third-order valence-electron chi connectivity index (χ3n) is 4.37. The largest absolute Gasteiger partial charge is 0.457 e. The number of amides is 1. The highest BCUT2D eigenvalue weighted by Gasteiger charge is 2.17. The van der Waals surface area contributed by atoms with E-state index >= 15 is 0 Å². The Morgan fingerprint density at radius 2 is 1.63 bits per heavy atom. The second kappa shape index (κ2) is 9.53. The van der Waals surface area contributed by atoms with Crippen molar-refractivity contribution in [2.45, 2.75) is 66.9 Å². The van der Waals surface area contributed by atoms with E-state index in [-0.39, 0.29) is 18.8 Å². The van der Waals surface area contributed by atoms with Gasteiger partial charge >= 0.3 is 12.1 Å². The van der Waals surface area contributed by atoms with Gasteiger partial charge in [0.25, 0.3) is 0 Å². The van der Waals surface area contributed by atoms with E-state index < -0.39 is 17.7 Å². The second-order valence-electron chi connectivity index (χ2n) is 7.73. The molecule has 0 saturated heterocycles. The number of Topliss-reactive ketones (excluding diaryl/α,β-unsaturated/α-hetero) is 1. The molecule has 6 nitrogen and oxygen atoms in total. The molecule has 0 unspecified atom stereocenters. The van der Waals surface area contributed by atoms with Gasteiger partial charge in [0.05, 0.1) is 0 Å². The molecule has 0 radical (unpaired) electrons. The normalized spacial score (nSPS) is 11.1. The predicted molar refractivity (Wildman–Crippen MR) is 104 cm³/mol. The lowest BCUT2D eigenvalue weighted by Crippen LogP contribution is -2.33. The zero-order valence-corrected chi connectivity index (χ0v) is 17.4. The molecule has 0 aliphatic carbocycles. The maximum atomic E-state index is 12.4. The van der Waals surface area contributed by atoms with Gasteiger partial charge in [0.1, 0.15) is 5.60 Å². The van der Waals surface area contributed by atoms with Crippen LogP contribution in [0.2, 0.25) is 0 Å². The average molecular weight is 377 g/mol. The summed E-state index contributed by atoms with van der Waals surface area (Å²) in [7, 11) is 0. The van der Waals surface area contributed by atoms with E-state index in [2.05, 4.69) is 5.32 Å². The van der Waals surface area contributed by atoms with Gasteiger partial charge in [-0.15, -0.1) is 0 Å². The Morgan fingerprint density at radius 1 is 1.00 bits per heavy atom. The van der Waals surface area contributed by atoms with Crippen molar-refractivity contribution in [2.24, 2.45) is 0 Å². The summed E-state index contributed by atoms with van der Waals surface area (Å²) in [5, 5.41) is 2.57. The Labute approximate surface area is 161 Å². The maximum absolute atomic E-state index is 12.4. The highest BCUT2D eigenvalue weighted by atomic mass is 16.6. The molecule has 0 bridgehead atoms. The lowest BCUT2D eigenvalue weighted by molar-refractivity contribution is -0.142. The van der Waals surface area contributed by atoms with E-state index in [4.69, 9.17) is 9.47 Å². The van der Waals surface area contributed by atoms with Gasteiger partial charge in [0, 0.05) is 18.5 Å². The van der Waals surface area contributed by atoms with Gasteiger partial charge < -0.3 is 14.8 Å². The number of benzene rings is 1. The first kappa shape index (κ1) is 22.7. The third-order valence-corrected chi connectivity index (χ3v) is 4.37. The molecule has 1 aromatic rings. The van der Waals surface area contributed by atoms with Crippen LogP contribution in [0, 0.1) is 27.7 Å². The molecule has 1 aromatic carbocycles. The average Bonchev–Trinajstić information content (AvgIpc) is 2.56. The van der Waals surface area contributed by atoms with Gasteiger partial charge in [-0.05, 0) is 83.2 Å². The monoisotopic (exact) mass is 377 g/mol. The summed E-state index contributed by atoms with van der Waals surface area (Å²) < 4.78 is 10.2. The number of hydrogen-bond acceptors (Lipinski definition) is 5. The van der Waals surface area contributed by atoms with E-state index in [1.807, 2.05) is 33.8 Å². The predicted octanol–water partition coefficient (Wildman–Crippen LogP) is 3.95. The molecular weight excluding hydrogens is 346 g/mol. The minimum Gasteiger partial charge on any atom is -0.457 e. The lowest BCUT2D eigenvalue weighted by Gasteiger charge is -2.19. The SMILES string of the molecule is Cc1cc(C(=O)COC(=O)CCCNC(=O)OC(C)(C)C)c(C)c(C)c1C.